The number of rotatable bonds is 10. The molecule has 2 aromatic heterocycles. The van der Waals surface area contributed by atoms with E-state index in [-0.39, 0.29) is 80.1 Å². The van der Waals surface area contributed by atoms with E-state index >= 15 is 4.39 Å². The van der Waals surface area contributed by atoms with Crippen molar-refractivity contribution in [1.82, 2.24) is 20.1 Å². The van der Waals surface area contributed by atoms with Gasteiger partial charge in [0, 0.05) is 34.3 Å². The summed E-state index contributed by atoms with van der Waals surface area (Å²) in [5, 5.41) is 19.1. The van der Waals surface area contributed by atoms with Crippen molar-refractivity contribution in [3.8, 4) is 22.8 Å². The van der Waals surface area contributed by atoms with Crippen LogP contribution in [0.25, 0.3) is 22.2 Å². The molecular formula is C32H28BrF4N5O5. The number of hydrogen-bond donors (Lipinski definition) is 3. The Bertz CT molecular complexity index is 1970. The number of nitrogens with zero attached hydrogens (tertiary/aromatic N) is 3. The summed E-state index contributed by atoms with van der Waals surface area (Å²) in [5.41, 5.74) is 2.95. The topological polar surface area (TPSA) is 142 Å². The van der Waals surface area contributed by atoms with Gasteiger partial charge in [0.2, 0.25) is 5.91 Å². The lowest BCUT2D eigenvalue weighted by atomic mass is 9.81. The first-order chi connectivity index (χ1) is 22.3. The van der Waals surface area contributed by atoms with Gasteiger partial charge in [-0.1, -0.05) is 0 Å². The number of halogens is 5. The predicted molar refractivity (Wildman–Crippen MR) is 163 cm³/mol. The fourth-order valence-corrected chi connectivity index (χ4v) is 6.17. The van der Waals surface area contributed by atoms with E-state index in [0.717, 1.165) is 19.0 Å². The highest BCUT2D eigenvalue weighted by atomic mass is 79.9. The molecule has 246 valence electrons. The first-order valence-corrected chi connectivity index (χ1v) is 15.7. The molecule has 3 heterocycles. The summed E-state index contributed by atoms with van der Waals surface area (Å²) in [4.78, 5) is 30.8. The van der Waals surface area contributed by atoms with Gasteiger partial charge >= 0.3 is 6.55 Å². The Kier molecular flexibility index (Phi) is 7.46. The molecule has 4 N–H and O–H groups in total. The lowest BCUT2D eigenvalue weighted by molar-refractivity contribution is -0.123. The molecule has 2 aliphatic carbocycles. The molecule has 1 aliphatic heterocycles. The molecule has 0 spiro atoms. The molecule has 47 heavy (non-hydrogen) atoms. The highest BCUT2D eigenvalue weighted by Crippen LogP contribution is 2.50. The van der Waals surface area contributed by atoms with E-state index in [1.54, 1.807) is 6.92 Å². The normalized spacial score (nSPS) is 20.2. The number of amides is 2. The number of ether oxygens (including phenoxy) is 2. The van der Waals surface area contributed by atoms with Gasteiger partial charge < -0.3 is 25.6 Å². The average molecular weight is 719 g/mol. The first kappa shape index (κ1) is 31.4. The van der Waals surface area contributed by atoms with Crippen molar-refractivity contribution in [3.63, 3.8) is 0 Å². The average Bonchev–Trinajstić information content (AvgIpc) is 3.97. The number of nitrogens with one attached hydrogen (secondary N) is 1. The third-order valence-electron chi connectivity index (χ3n) is 8.97. The minimum Gasteiger partial charge on any atom is -0.489 e. The van der Waals surface area contributed by atoms with Crippen molar-refractivity contribution in [2.75, 3.05) is 13.2 Å². The Morgan fingerprint density at radius 1 is 1.19 bits per heavy atom. The summed E-state index contributed by atoms with van der Waals surface area (Å²) >= 11 is 3.07. The molecule has 0 unspecified atom stereocenters. The van der Waals surface area contributed by atoms with E-state index in [1.165, 1.54) is 24.3 Å². The van der Waals surface area contributed by atoms with E-state index in [9.17, 15) is 27.9 Å². The van der Waals surface area contributed by atoms with Crippen LogP contribution in [0.5, 0.6) is 11.5 Å². The number of nitrogens with two attached hydrogens (primary N) is 1. The summed E-state index contributed by atoms with van der Waals surface area (Å²) in [5.74, 6) is -3.26. The van der Waals surface area contributed by atoms with Crippen molar-refractivity contribution in [3.05, 3.63) is 69.5 Å². The van der Waals surface area contributed by atoms with Crippen molar-refractivity contribution in [2.24, 2.45) is 11.7 Å². The highest BCUT2D eigenvalue weighted by molar-refractivity contribution is 9.10. The van der Waals surface area contributed by atoms with Gasteiger partial charge in [-0.3, -0.25) is 9.59 Å². The minimum atomic E-state index is -2.89. The van der Waals surface area contributed by atoms with Crippen molar-refractivity contribution < 1.29 is 41.7 Å². The Morgan fingerprint density at radius 2 is 1.94 bits per heavy atom. The van der Waals surface area contributed by atoms with Crippen molar-refractivity contribution >= 4 is 38.6 Å². The molecule has 2 aromatic carbocycles. The van der Waals surface area contributed by atoms with Gasteiger partial charge in [0.25, 0.3) is 5.91 Å². The van der Waals surface area contributed by atoms with E-state index in [4.69, 9.17) is 15.2 Å². The second kappa shape index (κ2) is 11.2. The monoisotopic (exact) mass is 717 g/mol. The number of primary amides is 1. The summed E-state index contributed by atoms with van der Waals surface area (Å²) in [7, 11) is 0. The molecule has 2 amide bonds. The quantitative estimate of drug-likeness (QED) is 0.151. The fraction of sp³-hybridized carbons (Fsp3) is 0.375. The van der Waals surface area contributed by atoms with Crippen LogP contribution < -0.4 is 20.5 Å². The van der Waals surface area contributed by atoms with E-state index < -0.39 is 41.0 Å². The third-order valence-corrected chi connectivity index (χ3v) is 9.58. The maximum atomic E-state index is 15.2. The van der Waals surface area contributed by atoms with Crippen LogP contribution in [0, 0.1) is 17.6 Å². The molecule has 2 fully saturated rings. The number of aromatic nitrogens is 3. The Labute approximate surface area is 273 Å². The summed E-state index contributed by atoms with van der Waals surface area (Å²) in [6, 6.07) is 6.17. The van der Waals surface area contributed by atoms with E-state index in [0.29, 0.717) is 23.6 Å². The molecule has 10 nitrogen and oxygen atoms in total. The summed E-state index contributed by atoms with van der Waals surface area (Å²) in [6.07, 6.45) is 3.76. The number of aliphatic hydroxyl groups is 1. The maximum Gasteiger partial charge on any atom is 0.333 e. The van der Waals surface area contributed by atoms with Crippen molar-refractivity contribution in [1.29, 1.82) is 0 Å². The van der Waals surface area contributed by atoms with Crippen LogP contribution in [0.1, 0.15) is 60.8 Å². The number of fused-ring (bicyclic) bond motifs is 2. The molecule has 2 saturated carbocycles. The Balaban J connectivity index is 1.27. The number of pyridine rings is 1. The van der Waals surface area contributed by atoms with Crippen LogP contribution in [-0.4, -0.2) is 50.9 Å². The fourth-order valence-electron chi connectivity index (χ4n) is 5.83. The summed E-state index contributed by atoms with van der Waals surface area (Å²) in [6.45, 7) is -1.86. The highest BCUT2D eigenvalue weighted by Gasteiger charge is 2.50. The second-order valence-electron chi connectivity index (χ2n) is 12.5. The van der Waals surface area contributed by atoms with Gasteiger partial charge in [0.05, 0.1) is 22.8 Å². The standard InChI is InChI=1S/C32H28BrF4N5O5/c1-31(29(38)44)13-46-27-19(31)9-24(40-26(27)18-8-20(33)22(35)10-21(18)34)32(45,16-2-3-16)12-39-28(43)14-6-15-11-42(30(36)37)41-25(15)23(7-14)47-17-4-5-17/h6-11,16-17,30,45H,2-5,12-13H2,1H3,(H2,38,44)(H,39,43)/t31-,32+/m0/s1. The molecule has 0 radical (unpaired) electrons. The smallest absolute Gasteiger partial charge is 0.333 e. The Morgan fingerprint density at radius 3 is 2.60 bits per heavy atom. The zero-order chi connectivity index (χ0) is 33.4. The first-order valence-electron chi connectivity index (χ1n) is 14.9. The van der Waals surface area contributed by atoms with Crippen LogP contribution in [0.4, 0.5) is 17.6 Å². The van der Waals surface area contributed by atoms with Gasteiger partial charge in [-0.15, -0.1) is 0 Å². The minimum absolute atomic E-state index is 0.0262. The second-order valence-corrected chi connectivity index (χ2v) is 13.3. The van der Waals surface area contributed by atoms with Crippen LogP contribution in [-0.2, 0) is 15.8 Å². The van der Waals surface area contributed by atoms with Crippen LogP contribution in [0.3, 0.4) is 0 Å². The number of carbonyl (C=O) groups is 2. The van der Waals surface area contributed by atoms with Gasteiger partial charge in [-0.25, -0.2) is 18.4 Å². The zero-order valence-corrected chi connectivity index (χ0v) is 26.4. The van der Waals surface area contributed by atoms with E-state index in [1.807, 2.05) is 0 Å². The van der Waals surface area contributed by atoms with Gasteiger partial charge in [0.15, 0.2) is 0 Å². The molecule has 0 saturated heterocycles. The number of carbonyl (C=O) groups excluding carboxylic acids is 2. The summed E-state index contributed by atoms with van der Waals surface area (Å²) < 4.78 is 68.4. The number of hydrogen-bond acceptors (Lipinski definition) is 7. The van der Waals surface area contributed by atoms with Crippen LogP contribution >= 0.6 is 15.9 Å². The number of benzene rings is 2. The van der Waals surface area contributed by atoms with Crippen molar-refractivity contribution in [2.45, 2.75) is 56.3 Å². The van der Waals surface area contributed by atoms with Gasteiger partial charge in [-0.05, 0) is 78.7 Å². The lowest BCUT2D eigenvalue weighted by Crippen LogP contribution is -2.44. The zero-order valence-electron chi connectivity index (χ0n) is 24.8. The van der Waals surface area contributed by atoms with Crippen LogP contribution in [0.2, 0.25) is 0 Å². The SMILES string of the molecule is C[C@]1(C(N)=O)COc2c1cc([C@@](O)(CNC(=O)c1cc(OC3CC3)c3nn(C(F)F)cc3c1)C1CC1)nc2-c1cc(Br)c(F)cc1F. The maximum absolute atomic E-state index is 15.2. The molecule has 2 atom stereocenters. The molecule has 7 rings (SSSR count). The van der Waals surface area contributed by atoms with Gasteiger partial charge in [-0.2, -0.15) is 13.9 Å². The van der Waals surface area contributed by atoms with Gasteiger partial charge in [0.1, 0.15) is 52.0 Å². The van der Waals surface area contributed by atoms with E-state index in [2.05, 4.69) is 31.3 Å². The predicted octanol–water partition coefficient (Wildman–Crippen LogP) is 5.24. The van der Waals surface area contributed by atoms with Crippen LogP contribution in [0.15, 0.2) is 41.0 Å². The molecule has 4 aromatic rings. The molecule has 0 bridgehead atoms. The Hall–Kier alpha value is -4.24. The third kappa shape index (κ3) is 5.48. The molecule has 15 heteroatoms. The number of alkyl halides is 2. The molecular weight excluding hydrogens is 690 g/mol. The lowest BCUT2D eigenvalue weighted by Gasteiger charge is -2.30. The largest absolute Gasteiger partial charge is 0.489 e. The molecule has 3 aliphatic rings.